The molecule has 3 rings (SSSR count). The maximum Gasteiger partial charge on any atom is 0.354 e. The van der Waals surface area contributed by atoms with Gasteiger partial charge in [0, 0.05) is 17.7 Å². The number of carboxylic acid groups (broad SMARTS) is 1. The molecule has 0 atom stereocenters. The van der Waals surface area contributed by atoms with E-state index >= 15 is 0 Å². The monoisotopic (exact) mass is 217 g/mol. The average molecular weight is 217 g/mol. The third kappa shape index (κ3) is 1.28. The lowest BCUT2D eigenvalue weighted by atomic mass is 9.82. The summed E-state index contributed by atoms with van der Waals surface area (Å²) in [6.07, 6.45) is 4.99. The summed E-state index contributed by atoms with van der Waals surface area (Å²) in [6.45, 7) is 0. The minimum Gasteiger partial charge on any atom is -0.477 e. The van der Waals surface area contributed by atoms with Crippen LogP contribution in [0.2, 0.25) is 0 Å². The lowest BCUT2D eigenvalue weighted by molar-refractivity contribution is 0.0687. The highest BCUT2D eigenvalue weighted by Crippen LogP contribution is 2.35. The van der Waals surface area contributed by atoms with E-state index in [1.54, 1.807) is 18.3 Å². The molecular weight excluding hydrogens is 206 g/mol. The van der Waals surface area contributed by atoms with Gasteiger partial charge >= 0.3 is 5.97 Å². The Bertz CT molecular complexity index is 557. The van der Waals surface area contributed by atoms with Crippen molar-refractivity contribution in [2.45, 2.75) is 25.2 Å². The van der Waals surface area contributed by atoms with Crippen LogP contribution in [0.3, 0.4) is 0 Å². The quantitative estimate of drug-likeness (QED) is 0.831. The van der Waals surface area contributed by atoms with Crippen LogP contribution in [0.1, 0.15) is 41.4 Å². The van der Waals surface area contributed by atoms with Gasteiger partial charge in [-0.15, -0.1) is 0 Å². The first kappa shape index (κ1) is 9.33. The predicted molar refractivity (Wildman–Crippen MR) is 56.5 cm³/mol. The van der Waals surface area contributed by atoms with E-state index in [9.17, 15) is 4.79 Å². The van der Waals surface area contributed by atoms with Gasteiger partial charge in [-0.25, -0.2) is 14.3 Å². The zero-order chi connectivity index (χ0) is 11.1. The number of carboxylic acids is 1. The molecule has 0 amide bonds. The van der Waals surface area contributed by atoms with Gasteiger partial charge in [-0.2, -0.15) is 5.10 Å². The van der Waals surface area contributed by atoms with Crippen LogP contribution >= 0.6 is 0 Å². The molecule has 82 valence electrons. The second-order valence-electron chi connectivity index (χ2n) is 4.10. The molecule has 0 saturated heterocycles. The molecule has 0 radical (unpaired) electrons. The van der Waals surface area contributed by atoms with Gasteiger partial charge in [-0.05, 0) is 18.9 Å². The number of hydrogen-bond donors (Lipinski definition) is 1. The summed E-state index contributed by atoms with van der Waals surface area (Å²) in [5.41, 5.74) is 1.69. The Kier molecular flexibility index (Phi) is 1.92. The van der Waals surface area contributed by atoms with E-state index in [1.807, 2.05) is 0 Å². The topological polar surface area (TPSA) is 67.5 Å². The maximum atomic E-state index is 11.1. The third-order valence-corrected chi connectivity index (χ3v) is 3.12. The smallest absolute Gasteiger partial charge is 0.354 e. The molecule has 1 fully saturated rings. The van der Waals surface area contributed by atoms with E-state index in [0.717, 1.165) is 18.5 Å². The number of fused-ring (bicyclic) bond motifs is 1. The van der Waals surface area contributed by atoms with E-state index in [-0.39, 0.29) is 5.69 Å². The first-order valence-corrected chi connectivity index (χ1v) is 5.33. The largest absolute Gasteiger partial charge is 0.477 e. The lowest BCUT2D eigenvalue weighted by Gasteiger charge is -2.24. The van der Waals surface area contributed by atoms with Crippen LogP contribution in [0.15, 0.2) is 18.3 Å². The van der Waals surface area contributed by atoms with Crippen molar-refractivity contribution in [3.63, 3.8) is 0 Å². The Balaban J connectivity index is 2.20. The number of rotatable bonds is 2. The first-order valence-electron chi connectivity index (χ1n) is 5.33. The minimum atomic E-state index is -0.961. The second kappa shape index (κ2) is 3.30. The number of hydrogen-bond acceptors (Lipinski definition) is 3. The summed E-state index contributed by atoms with van der Waals surface area (Å²) in [6, 6.07) is 3.38. The highest BCUT2D eigenvalue weighted by Gasteiger charge is 2.23. The van der Waals surface area contributed by atoms with Gasteiger partial charge in [-0.1, -0.05) is 6.42 Å². The van der Waals surface area contributed by atoms with E-state index < -0.39 is 5.97 Å². The van der Waals surface area contributed by atoms with Crippen molar-refractivity contribution in [1.29, 1.82) is 0 Å². The summed E-state index contributed by atoms with van der Waals surface area (Å²) in [5, 5.41) is 13.1. The van der Waals surface area contributed by atoms with Gasteiger partial charge in [0.15, 0.2) is 11.3 Å². The van der Waals surface area contributed by atoms with Crippen LogP contribution in [-0.2, 0) is 0 Å². The Hall–Kier alpha value is -1.91. The van der Waals surface area contributed by atoms with Gasteiger partial charge in [0.1, 0.15) is 0 Å². The summed E-state index contributed by atoms with van der Waals surface area (Å²) in [5.74, 6) is -0.533. The van der Waals surface area contributed by atoms with E-state index in [2.05, 4.69) is 10.1 Å². The van der Waals surface area contributed by atoms with Crippen molar-refractivity contribution in [1.82, 2.24) is 14.6 Å². The van der Waals surface area contributed by atoms with Crippen molar-refractivity contribution in [2.75, 3.05) is 0 Å². The molecule has 2 aromatic rings. The number of aromatic nitrogens is 3. The van der Waals surface area contributed by atoms with Gasteiger partial charge in [0.2, 0.25) is 0 Å². The summed E-state index contributed by atoms with van der Waals surface area (Å²) < 4.78 is 1.37. The molecule has 1 aliphatic carbocycles. The van der Waals surface area contributed by atoms with E-state index in [0.29, 0.717) is 11.6 Å². The predicted octanol–water partition coefficient (Wildman–Crippen LogP) is 1.69. The van der Waals surface area contributed by atoms with Gasteiger partial charge < -0.3 is 5.11 Å². The summed E-state index contributed by atoms with van der Waals surface area (Å²) >= 11 is 0. The molecule has 0 aromatic carbocycles. The fourth-order valence-corrected chi connectivity index (χ4v) is 2.00. The zero-order valence-corrected chi connectivity index (χ0v) is 8.63. The van der Waals surface area contributed by atoms with Crippen LogP contribution < -0.4 is 0 Å². The normalized spacial score (nSPS) is 16.2. The van der Waals surface area contributed by atoms with Gasteiger partial charge in [0.05, 0.1) is 6.20 Å². The third-order valence-electron chi connectivity index (χ3n) is 3.12. The fraction of sp³-hybridized carbons (Fsp3) is 0.364. The van der Waals surface area contributed by atoms with Crippen LogP contribution in [0.25, 0.3) is 5.65 Å². The molecule has 0 unspecified atom stereocenters. The molecule has 16 heavy (non-hydrogen) atoms. The Morgan fingerprint density at radius 1 is 1.50 bits per heavy atom. The SMILES string of the molecule is O=C(O)c1cc(C2CCC2)nc2ccnn12. The standard InChI is InChI=1S/C11H11N3O2/c15-11(16)9-6-8(7-2-1-3-7)13-10-4-5-12-14(9)10/h4-7H,1-3H2,(H,15,16). The van der Waals surface area contributed by atoms with Gasteiger partial charge in [0.25, 0.3) is 0 Å². The average Bonchev–Trinajstić information content (AvgIpc) is 2.61. The molecule has 1 aliphatic rings. The van der Waals surface area contributed by atoms with Crippen molar-refractivity contribution in [3.05, 3.63) is 29.7 Å². The highest BCUT2D eigenvalue weighted by atomic mass is 16.4. The molecule has 5 nitrogen and oxygen atoms in total. The lowest BCUT2D eigenvalue weighted by Crippen LogP contribution is -2.15. The molecule has 0 bridgehead atoms. The molecule has 5 heteroatoms. The molecule has 1 saturated carbocycles. The molecular formula is C11H11N3O2. The first-order chi connectivity index (χ1) is 7.75. The van der Waals surface area contributed by atoms with Crippen molar-refractivity contribution in [2.24, 2.45) is 0 Å². The minimum absolute atomic E-state index is 0.192. The number of carbonyl (C=O) groups is 1. The van der Waals surface area contributed by atoms with Crippen LogP contribution in [0.4, 0.5) is 0 Å². The maximum absolute atomic E-state index is 11.1. The van der Waals surface area contributed by atoms with E-state index in [4.69, 9.17) is 5.11 Å². The van der Waals surface area contributed by atoms with Crippen molar-refractivity contribution >= 4 is 11.6 Å². The summed E-state index contributed by atoms with van der Waals surface area (Å²) in [7, 11) is 0. The molecule has 1 N–H and O–H groups in total. The number of nitrogens with zero attached hydrogens (tertiary/aromatic N) is 3. The molecule has 0 aliphatic heterocycles. The number of aromatic carboxylic acids is 1. The van der Waals surface area contributed by atoms with Gasteiger partial charge in [-0.3, -0.25) is 0 Å². The Labute approximate surface area is 91.7 Å². The fourth-order valence-electron chi connectivity index (χ4n) is 2.00. The van der Waals surface area contributed by atoms with Crippen molar-refractivity contribution < 1.29 is 9.90 Å². The molecule has 0 spiro atoms. The van der Waals surface area contributed by atoms with Crippen LogP contribution in [0.5, 0.6) is 0 Å². The Morgan fingerprint density at radius 2 is 2.31 bits per heavy atom. The van der Waals surface area contributed by atoms with Crippen LogP contribution in [-0.4, -0.2) is 25.7 Å². The molecule has 2 aromatic heterocycles. The van der Waals surface area contributed by atoms with Crippen LogP contribution in [0, 0.1) is 0 Å². The summed E-state index contributed by atoms with van der Waals surface area (Å²) in [4.78, 5) is 15.5. The Morgan fingerprint density at radius 3 is 2.94 bits per heavy atom. The zero-order valence-electron chi connectivity index (χ0n) is 8.63. The molecule has 2 heterocycles. The van der Waals surface area contributed by atoms with E-state index in [1.165, 1.54) is 10.9 Å². The van der Waals surface area contributed by atoms with Crippen molar-refractivity contribution in [3.8, 4) is 0 Å². The second-order valence-corrected chi connectivity index (χ2v) is 4.10. The highest BCUT2D eigenvalue weighted by molar-refractivity contribution is 5.86.